The number of carbonyl (C=O) groups excluding carboxylic acids is 1. The van der Waals surface area contributed by atoms with E-state index < -0.39 is 5.82 Å². The molecule has 0 bridgehead atoms. The third-order valence-corrected chi connectivity index (χ3v) is 5.58. The smallest absolute Gasteiger partial charge is 0.330 e. The Morgan fingerprint density at radius 1 is 1.28 bits per heavy atom. The summed E-state index contributed by atoms with van der Waals surface area (Å²) in [6.45, 7) is 0.953. The van der Waals surface area contributed by atoms with Gasteiger partial charge in [0.05, 0.1) is 18.0 Å². The normalized spacial score (nSPS) is 17.1. The zero-order valence-corrected chi connectivity index (χ0v) is 16.6. The Hall–Kier alpha value is -2.87. The zero-order chi connectivity index (χ0) is 20.7. The predicted molar refractivity (Wildman–Crippen MR) is 108 cm³/mol. The number of H-pyrrole nitrogens is 1. The minimum Gasteiger partial charge on any atom is -0.340 e. The van der Waals surface area contributed by atoms with Gasteiger partial charge in [-0.3, -0.25) is 18.7 Å². The second-order valence-electron chi connectivity index (χ2n) is 7.36. The summed E-state index contributed by atoms with van der Waals surface area (Å²) in [5, 5.41) is 0.251. The third-order valence-electron chi connectivity index (χ3n) is 5.36. The van der Waals surface area contributed by atoms with Crippen molar-refractivity contribution in [1.29, 1.82) is 0 Å². The largest absolute Gasteiger partial charge is 0.340 e. The Balaban J connectivity index is 1.60. The van der Waals surface area contributed by atoms with Gasteiger partial charge in [0.2, 0.25) is 11.5 Å². The third kappa shape index (κ3) is 3.72. The number of amides is 1. The molecule has 0 aliphatic carbocycles. The van der Waals surface area contributed by atoms with Gasteiger partial charge in [0.15, 0.2) is 0 Å². The summed E-state index contributed by atoms with van der Waals surface area (Å²) in [7, 11) is 1.61. The second kappa shape index (κ2) is 7.51. The highest BCUT2D eigenvalue weighted by molar-refractivity contribution is 6.30. The average Bonchev–Trinajstić information content (AvgIpc) is 2.91. The summed E-state index contributed by atoms with van der Waals surface area (Å²) in [5.41, 5.74) is 1.09. The maximum absolute atomic E-state index is 13.6. The number of benzene rings is 1. The number of imidazole rings is 1. The van der Waals surface area contributed by atoms with Crippen molar-refractivity contribution in [2.24, 2.45) is 7.05 Å². The Morgan fingerprint density at radius 3 is 2.83 bits per heavy atom. The molecule has 2 aromatic heterocycles. The Kier molecular flexibility index (Phi) is 5.04. The molecule has 1 aliphatic rings. The van der Waals surface area contributed by atoms with E-state index in [9.17, 15) is 18.8 Å². The lowest BCUT2D eigenvalue weighted by Gasteiger charge is -2.33. The molecule has 0 spiro atoms. The Morgan fingerprint density at radius 2 is 2.07 bits per heavy atom. The van der Waals surface area contributed by atoms with Crippen LogP contribution in [-0.2, 0) is 18.3 Å². The summed E-state index contributed by atoms with van der Waals surface area (Å²) in [5.74, 6) is -0.619. The average molecular weight is 419 g/mol. The van der Waals surface area contributed by atoms with Crippen molar-refractivity contribution >= 4 is 28.7 Å². The topological polar surface area (TPSA) is 80.1 Å². The van der Waals surface area contributed by atoms with Crippen molar-refractivity contribution in [3.63, 3.8) is 0 Å². The van der Waals surface area contributed by atoms with E-state index in [0.29, 0.717) is 29.8 Å². The number of nitrogens with one attached hydrogen (secondary N) is 1. The minimum atomic E-state index is -0.479. The zero-order valence-electron chi connectivity index (χ0n) is 15.8. The number of fused-ring (bicyclic) bond motifs is 1. The van der Waals surface area contributed by atoms with E-state index in [2.05, 4.69) is 4.98 Å². The van der Waals surface area contributed by atoms with Crippen LogP contribution >= 0.6 is 11.6 Å². The number of carbonyl (C=O) groups is 1. The number of pyridine rings is 1. The lowest BCUT2D eigenvalue weighted by Crippen LogP contribution is -2.43. The molecular weight excluding hydrogens is 399 g/mol. The van der Waals surface area contributed by atoms with E-state index in [0.717, 1.165) is 12.8 Å². The minimum absolute atomic E-state index is 0.0436. The van der Waals surface area contributed by atoms with Gasteiger partial charge in [-0.05, 0) is 42.7 Å². The molecule has 1 atom stereocenters. The molecule has 1 N–H and O–H groups in total. The fourth-order valence-electron chi connectivity index (χ4n) is 4.01. The molecule has 0 saturated carbocycles. The number of aromatic nitrogens is 3. The number of aryl methyl sites for hydroxylation is 1. The first-order valence-electron chi connectivity index (χ1n) is 9.36. The van der Waals surface area contributed by atoms with E-state index in [-0.39, 0.29) is 34.6 Å². The van der Waals surface area contributed by atoms with E-state index in [1.807, 2.05) is 0 Å². The van der Waals surface area contributed by atoms with Crippen molar-refractivity contribution in [2.75, 3.05) is 13.1 Å². The van der Waals surface area contributed by atoms with Gasteiger partial charge in [0, 0.05) is 31.2 Å². The van der Waals surface area contributed by atoms with Crippen molar-refractivity contribution < 1.29 is 9.18 Å². The number of likely N-dealkylation sites (tertiary alicyclic amines) is 1. The van der Waals surface area contributed by atoms with Crippen LogP contribution in [0.2, 0.25) is 5.02 Å². The number of piperidine rings is 1. The van der Waals surface area contributed by atoms with Gasteiger partial charge < -0.3 is 9.88 Å². The lowest BCUT2D eigenvalue weighted by atomic mass is 10.0. The van der Waals surface area contributed by atoms with Crippen LogP contribution in [0.25, 0.3) is 11.2 Å². The molecule has 1 amide bonds. The monoisotopic (exact) mass is 418 g/mol. The van der Waals surface area contributed by atoms with Crippen molar-refractivity contribution in [3.8, 4) is 0 Å². The van der Waals surface area contributed by atoms with Gasteiger partial charge >= 0.3 is 5.69 Å². The van der Waals surface area contributed by atoms with Crippen molar-refractivity contribution in [1.82, 2.24) is 19.0 Å². The molecule has 1 aromatic carbocycles. The SMILES string of the molecule is Cn1c(=O)n([C@H]2CCCN(C(=O)Cc3cc(F)cc(Cl)c3)C2)c2ccc(=O)[nH]c21. The molecule has 3 aromatic rings. The van der Waals surface area contributed by atoms with Crippen LogP contribution in [0.4, 0.5) is 4.39 Å². The number of aromatic amines is 1. The number of hydrogen-bond acceptors (Lipinski definition) is 3. The first kappa shape index (κ1) is 19.4. The summed E-state index contributed by atoms with van der Waals surface area (Å²) < 4.78 is 16.6. The first-order chi connectivity index (χ1) is 13.8. The highest BCUT2D eigenvalue weighted by Gasteiger charge is 2.28. The summed E-state index contributed by atoms with van der Waals surface area (Å²) in [6.07, 6.45) is 1.53. The Bertz CT molecular complexity index is 1190. The maximum Gasteiger partial charge on any atom is 0.330 e. The van der Waals surface area contributed by atoms with Crippen LogP contribution in [0, 0.1) is 5.82 Å². The highest BCUT2D eigenvalue weighted by atomic mass is 35.5. The van der Waals surface area contributed by atoms with Crippen LogP contribution in [-0.4, -0.2) is 38.0 Å². The van der Waals surface area contributed by atoms with E-state index >= 15 is 0 Å². The molecule has 7 nitrogen and oxygen atoms in total. The standard InChI is InChI=1S/C20H20ClFN4O3/c1-24-19-16(4-5-17(27)23-19)26(20(24)29)15-3-2-6-25(11-15)18(28)9-12-7-13(21)10-14(22)8-12/h4-5,7-8,10,15H,2-3,6,9,11H2,1H3,(H,23,27)/t15-/m0/s1. The van der Waals surface area contributed by atoms with E-state index in [1.165, 1.54) is 22.8 Å². The lowest BCUT2D eigenvalue weighted by molar-refractivity contribution is -0.132. The molecule has 1 fully saturated rings. The van der Waals surface area contributed by atoms with Gasteiger partial charge in [0.1, 0.15) is 11.5 Å². The van der Waals surface area contributed by atoms with Crippen molar-refractivity contribution in [3.05, 3.63) is 67.6 Å². The van der Waals surface area contributed by atoms with Crippen LogP contribution < -0.4 is 11.2 Å². The number of nitrogens with zero attached hydrogens (tertiary/aromatic N) is 3. The van der Waals surface area contributed by atoms with Gasteiger partial charge in [-0.1, -0.05) is 11.6 Å². The van der Waals surface area contributed by atoms with Gasteiger partial charge in [-0.15, -0.1) is 0 Å². The molecule has 0 unspecified atom stereocenters. The van der Waals surface area contributed by atoms with Crippen LogP contribution in [0.15, 0.2) is 39.9 Å². The molecule has 0 radical (unpaired) electrons. The molecule has 1 aliphatic heterocycles. The van der Waals surface area contributed by atoms with Gasteiger partial charge in [0.25, 0.3) is 0 Å². The quantitative estimate of drug-likeness (QED) is 0.708. The van der Waals surface area contributed by atoms with Gasteiger partial charge in [-0.25, -0.2) is 9.18 Å². The molecule has 9 heteroatoms. The summed E-state index contributed by atoms with van der Waals surface area (Å²) in [6, 6.07) is 6.89. The highest BCUT2D eigenvalue weighted by Crippen LogP contribution is 2.24. The van der Waals surface area contributed by atoms with Crippen LogP contribution in [0.1, 0.15) is 24.4 Å². The van der Waals surface area contributed by atoms with E-state index in [4.69, 9.17) is 11.6 Å². The number of hydrogen-bond donors (Lipinski definition) is 1. The predicted octanol–water partition coefficient (Wildman–Crippen LogP) is 2.23. The van der Waals surface area contributed by atoms with Crippen LogP contribution in [0.5, 0.6) is 0 Å². The molecule has 29 heavy (non-hydrogen) atoms. The molecule has 3 heterocycles. The fraction of sp³-hybridized carbons (Fsp3) is 0.350. The second-order valence-corrected chi connectivity index (χ2v) is 7.79. The fourth-order valence-corrected chi connectivity index (χ4v) is 4.26. The van der Waals surface area contributed by atoms with Gasteiger partial charge in [-0.2, -0.15) is 0 Å². The molecular formula is C20H20ClFN4O3. The van der Waals surface area contributed by atoms with E-state index in [1.54, 1.807) is 28.6 Å². The van der Waals surface area contributed by atoms with Crippen LogP contribution in [0.3, 0.4) is 0 Å². The molecule has 1 saturated heterocycles. The molecule has 152 valence electrons. The van der Waals surface area contributed by atoms with Crippen molar-refractivity contribution in [2.45, 2.75) is 25.3 Å². The number of halogens is 2. The maximum atomic E-state index is 13.6. The first-order valence-corrected chi connectivity index (χ1v) is 9.74. The summed E-state index contributed by atoms with van der Waals surface area (Å²) in [4.78, 5) is 41.6. The summed E-state index contributed by atoms with van der Waals surface area (Å²) >= 11 is 5.88. The Labute approximate surface area is 170 Å². The molecule has 4 rings (SSSR count). The number of rotatable bonds is 3.